The first-order valence-electron chi connectivity index (χ1n) is 3.74. The van der Waals surface area contributed by atoms with Crippen molar-refractivity contribution in [2.75, 3.05) is 13.1 Å². The van der Waals surface area contributed by atoms with Crippen LogP contribution in [0, 0.1) is 0 Å². The molecule has 0 aliphatic carbocycles. The van der Waals surface area contributed by atoms with Gasteiger partial charge in [-0.25, -0.2) is 0 Å². The Labute approximate surface area is 64.8 Å². The van der Waals surface area contributed by atoms with Crippen molar-refractivity contribution in [3.63, 3.8) is 0 Å². The molecule has 0 bridgehead atoms. The van der Waals surface area contributed by atoms with E-state index < -0.39 is 18.3 Å². The Balaban J connectivity index is 2.52. The number of aliphatic hydroxyl groups is 3. The molecule has 4 atom stereocenters. The molecular formula is C6H15N2O3+. The lowest BCUT2D eigenvalue weighted by Crippen LogP contribution is -2.99. The highest BCUT2D eigenvalue weighted by atomic mass is 16.4. The van der Waals surface area contributed by atoms with Crippen molar-refractivity contribution in [2.24, 2.45) is 5.73 Å². The first-order chi connectivity index (χ1) is 5.16. The summed E-state index contributed by atoms with van der Waals surface area (Å²) in [5.74, 6) is 0. The van der Waals surface area contributed by atoms with Gasteiger partial charge in [0.15, 0.2) is 0 Å². The van der Waals surface area contributed by atoms with Crippen LogP contribution >= 0.6 is 0 Å². The number of rotatable bonds is 1. The maximum atomic E-state index is 9.29. The van der Waals surface area contributed by atoms with Crippen LogP contribution in [-0.2, 0) is 0 Å². The number of aliphatic hydroxyl groups excluding tert-OH is 3. The molecule has 0 aromatic rings. The Morgan fingerprint density at radius 2 is 1.91 bits per heavy atom. The third-order valence-corrected chi connectivity index (χ3v) is 2.14. The van der Waals surface area contributed by atoms with Crippen LogP contribution in [-0.4, -0.2) is 52.8 Å². The van der Waals surface area contributed by atoms with Crippen LogP contribution in [0.2, 0.25) is 0 Å². The molecule has 0 amide bonds. The van der Waals surface area contributed by atoms with Gasteiger partial charge in [0.25, 0.3) is 0 Å². The van der Waals surface area contributed by atoms with Gasteiger partial charge in [-0.2, -0.15) is 0 Å². The molecule has 1 saturated heterocycles. The number of nitrogens with two attached hydrogens (primary N) is 2. The van der Waals surface area contributed by atoms with Crippen molar-refractivity contribution in [3.05, 3.63) is 0 Å². The summed E-state index contributed by atoms with van der Waals surface area (Å²) < 4.78 is 0. The minimum absolute atomic E-state index is 0.187. The Kier molecular flexibility index (Phi) is 2.80. The number of hydrogen-bond donors (Lipinski definition) is 5. The normalized spacial score (nSPS) is 45.8. The van der Waals surface area contributed by atoms with Gasteiger partial charge in [-0.1, -0.05) is 0 Å². The average Bonchev–Trinajstić information content (AvgIpc) is 2.01. The Hall–Kier alpha value is -0.200. The minimum Gasteiger partial charge on any atom is -0.387 e. The van der Waals surface area contributed by atoms with E-state index in [-0.39, 0.29) is 6.04 Å². The highest BCUT2D eigenvalue weighted by molar-refractivity contribution is 4.83. The summed E-state index contributed by atoms with van der Waals surface area (Å²) in [4.78, 5) is 0. The molecule has 0 aromatic heterocycles. The fraction of sp³-hybridized carbons (Fsp3) is 1.00. The summed E-state index contributed by atoms with van der Waals surface area (Å²) in [7, 11) is 0. The summed E-state index contributed by atoms with van der Waals surface area (Å²) in [6.07, 6.45) is -2.80. The van der Waals surface area contributed by atoms with Crippen LogP contribution in [0.25, 0.3) is 0 Å². The third kappa shape index (κ3) is 1.69. The molecule has 0 spiro atoms. The SMILES string of the molecule is NC[C@@H]1[NH2+]C[C@H](O)[C@H](O)[C@@H]1O. The molecule has 1 rings (SSSR count). The maximum Gasteiger partial charge on any atom is 0.135 e. The van der Waals surface area contributed by atoms with E-state index in [9.17, 15) is 10.2 Å². The highest BCUT2D eigenvalue weighted by Crippen LogP contribution is 2.04. The molecule has 0 saturated carbocycles. The van der Waals surface area contributed by atoms with Crippen LogP contribution in [0.15, 0.2) is 0 Å². The fourth-order valence-corrected chi connectivity index (χ4v) is 1.31. The molecule has 1 aliphatic heterocycles. The van der Waals surface area contributed by atoms with Gasteiger partial charge in [-0.05, 0) is 0 Å². The van der Waals surface area contributed by atoms with Crippen molar-refractivity contribution in [1.29, 1.82) is 0 Å². The molecule has 11 heavy (non-hydrogen) atoms. The van der Waals surface area contributed by atoms with E-state index in [1.54, 1.807) is 5.32 Å². The van der Waals surface area contributed by atoms with E-state index in [0.29, 0.717) is 13.1 Å². The van der Waals surface area contributed by atoms with E-state index in [1.165, 1.54) is 0 Å². The van der Waals surface area contributed by atoms with E-state index in [0.717, 1.165) is 0 Å². The van der Waals surface area contributed by atoms with Crippen molar-refractivity contribution >= 4 is 0 Å². The Morgan fingerprint density at radius 3 is 2.45 bits per heavy atom. The van der Waals surface area contributed by atoms with Gasteiger partial charge in [0.1, 0.15) is 30.9 Å². The lowest BCUT2D eigenvalue weighted by molar-refractivity contribution is -0.713. The molecular weight excluding hydrogens is 148 g/mol. The summed E-state index contributed by atoms with van der Waals surface area (Å²) in [5.41, 5.74) is 5.32. The summed E-state index contributed by atoms with van der Waals surface area (Å²) >= 11 is 0. The smallest absolute Gasteiger partial charge is 0.135 e. The molecule has 0 aromatic carbocycles. The second-order valence-corrected chi connectivity index (χ2v) is 2.92. The lowest BCUT2D eigenvalue weighted by Gasteiger charge is -2.32. The zero-order valence-electron chi connectivity index (χ0n) is 6.22. The van der Waals surface area contributed by atoms with Gasteiger partial charge in [0.05, 0.1) is 0 Å². The predicted octanol–water partition coefficient (Wildman–Crippen LogP) is -4.03. The summed E-state index contributed by atoms with van der Waals surface area (Å²) in [5, 5.41) is 29.3. The zero-order valence-corrected chi connectivity index (χ0v) is 6.22. The number of piperidine rings is 1. The van der Waals surface area contributed by atoms with E-state index in [2.05, 4.69) is 0 Å². The molecule has 7 N–H and O–H groups in total. The van der Waals surface area contributed by atoms with Crippen LogP contribution in [0.4, 0.5) is 0 Å². The Bertz CT molecular complexity index is 131. The van der Waals surface area contributed by atoms with Crippen molar-refractivity contribution in [3.8, 4) is 0 Å². The topological polar surface area (TPSA) is 103 Å². The predicted molar refractivity (Wildman–Crippen MR) is 37.7 cm³/mol. The van der Waals surface area contributed by atoms with Crippen LogP contribution in [0.5, 0.6) is 0 Å². The molecule has 0 unspecified atom stereocenters. The molecule has 0 radical (unpaired) electrons. The minimum atomic E-state index is -1.05. The largest absolute Gasteiger partial charge is 0.387 e. The van der Waals surface area contributed by atoms with Gasteiger partial charge in [0, 0.05) is 6.54 Å². The van der Waals surface area contributed by atoms with Gasteiger partial charge < -0.3 is 26.4 Å². The van der Waals surface area contributed by atoms with Crippen molar-refractivity contribution in [2.45, 2.75) is 24.4 Å². The first kappa shape index (κ1) is 8.89. The zero-order chi connectivity index (χ0) is 8.43. The average molecular weight is 163 g/mol. The second-order valence-electron chi connectivity index (χ2n) is 2.92. The standard InChI is InChI=1S/C6H14N2O3/c7-1-3-5(10)6(11)4(9)2-8-3/h3-6,8-11H,1-2,7H2/p+1/t3-,4-,5+,6-/m0/s1. The molecule has 66 valence electrons. The van der Waals surface area contributed by atoms with Crippen LogP contribution in [0.1, 0.15) is 0 Å². The number of hydrogen-bond acceptors (Lipinski definition) is 4. The molecule has 5 heteroatoms. The highest BCUT2D eigenvalue weighted by Gasteiger charge is 2.38. The quantitative estimate of drug-likeness (QED) is 0.271. The second kappa shape index (κ2) is 3.46. The first-order valence-corrected chi connectivity index (χ1v) is 3.74. The van der Waals surface area contributed by atoms with Gasteiger partial charge in [0.2, 0.25) is 0 Å². The molecule has 1 aliphatic rings. The van der Waals surface area contributed by atoms with Crippen molar-refractivity contribution < 1.29 is 20.6 Å². The van der Waals surface area contributed by atoms with Crippen molar-refractivity contribution in [1.82, 2.24) is 0 Å². The summed E-state index contributed by atoms with van der Waals surface area (Å²) in [6, 6.07) is -0.187. The molecule has 5 nitrogen and oxygen atoms in total. The molecule has 1 fully saturated rings. The maximum absolute atomic E-state index is 9.29. The molecule has 1 heterocycles. The van der Waals surface area contributed by atoms with Crippen LogP contribution < -0.4 is 11.1 Å². The lowest BCUT2D eigenvalue weighted by atomic mass is 9.96. The van der Waals surface area contributed by atoms with E-state index in [4.69, 9.17) is 10.8 Å². The van der Waals surface area contributed by atoms with Gasteiger partial charge in [-0.3, -0.25) is 0 Å². The van der Waals surface area contributed by atoms with E-state index >= 15 is 0 Å². The third-order valence-electron chi connectivity index (χ3n) is 2.14. The number of quaternary nitrogens is 1. The van der Waals surface area contributed by atoms with Crippen LogP contribution in [0.3, 0.4) is 0 Å². The fourth-order valence-electron chi connectivity index (χ4n) is 1.31. The Morgan fingerprint density at radius 1 is 1.27 bits per heavy atom. The summed E-state index contributed by atoms with van der Waals surface area (Å²) in [6.45, 7) is 0.713. The van der Waals surface area contributed by atoms with Gasteiger partial charge >= 0.3 is 0 Å². The monoisotopic (exact) mass is 163 g/mol. The van der Waals surface area contributed by atoms with E-state index in [1.807, 2.05) is 0 Å². The van der Waals surface area contributed by atoms with Gasteiger partial charge in [-0.15, -0.1) is 0 Å².